The van der Waals surface area contributed by atoms with Crippen LogP contribution in [0.3, 0.4) is 0 Å². The van der Waals surface area contributed by atoms with Crippen molar-refractivity contribution in [1.82, 2.24) is 4.31 Å². The molecule has 3 aromatic carbocycles. The minimum absolute atomic E-state index is 0.117. The predicted octanol–water partition coefficient (Wildman–Crippen LogP) is 4.80. The number of aryl methyl sites for hydroxylation is 3. The molecule has 162 valence electrons. The van der Waals surface area contributed by atoms with Gasteiger partial charge in [0.15, 0.2) is 0 Å². The molecule has 1 N–H and O–H groups in total. The van der Waals surface area contributed by atoms with E-state index in [2.05, 4.69) is 5.32 Å². The number of carbonyl (C=O) groups excluding carboxylic acids is 1. The van der Waals surface area contributed by atoms with Crippen molar-refractivity contribution >= 4 is 32.4 Å². The van der Waals surface area contributed by atoms with Crippen molar-refractivity contribution in [2.24, 2.45) is 5.92 Å². The number of piperidine rings is 1. The Morgan fingerprint density at radius 1 is 0.968 bits per heavy atom. The molecule has 3 aromatic rings. The van der Waals surface area contributed by atoms with Crippen molar-refractivity contribution in [1.29, 1.82) is 0 Å². The maximum Gasteiger partial charge on any atom is 0.243 e. The Morgan fingerprint density at radius 2 is 1.65 bits per heavy atom. The summed E-state index contributed by atoms with van der Waals surface area (Å²) >= 11 is 0. The van der Waals surface area contributed by atoms with Crippen LogP contribution in [0.5, 0.6) is 0 Å². The van der Waals surface area contributed by atoms with Crippen molar-refractivity contribution in [3.05, 3.63) is 71.3 Å². The minimum atomic E-state index is -3.66. The molecule has 4 rings (SSSR count). The van der Waals surface area contributed by atoms with Crippen LogP contribution in [0.2, 0.25) is 0 Å². The molecule has 0 radical (unpaired) electrons. The third-order valence-corrected chi connectivity index (χ3v) is 7.90. The van der Waals surface area contributed by atoms with Crippen LogP contribution in [-0.4, -0.2) is 31.7 Å². The normalized spacial score (nSPS) is 17.6. The van der Waals surface area contributed by atoms with Crippen molar-refractivity contribution in [2.75, 3.05) is 18.4 Å². The first-order valence-electron chi connectivity index (χ1n) is 10.6. The number of amides is 1. The molecule has 0 aliphatic carbocycles. The number of hydrogen-bond acceptors (Lipinski definition) is 3. The van der Waals surface area contributed by atoms with Crippen LogP contribution in [0.1, 0.15) is 29.5 Å². The van der Waals surface area contributed by atoms with E-state index in [-0.39, 0.29) is 23.3 Å². The summed E-state index contributed by atoms with van der Waals surface area (Å²) in [4.78, 5) is 13.3. The van der Waals surface area contributed by atoms with Crippen LogP contribution in [0.15, 0.2) is 59.5 Å². The maximum atomic E-state index is 13.3. The first-order valence-corrected chi connectivity index (χ1v) is 12.1. The first-order chi connectivity index (χ1) is 14.8. The smallest absolute Gasteiger partial charge is 0.243 e. The summed E-state index contributed by atoms with van der Waals surface area (Å²) in [6.45, 7) is 6.62. The molecule has 0 spiro atoms. The number of nitrogens with one attached hydrogen (secondary N) is 1. The highest BCUT2D eigenvalue weighted by Gasteiger charge is 2.33. The molecule has 0 bridgehead atoms. The molecular weight excluding hydrogens is 408 g/mol. The molecule has 1 amide bonds. The van der Waals surface area contributed by atoms with E-state index in [0.29, 0.717) is 19.4 Å². The number of anilines is 1. The second-order valence-corrected chi connectivity index (χ2v) is 10.4. The molecular formula is C25H28N2O3S. The molecule has 1 fully saturated rings. The van der Waals surface area contributed by atoms with Gasteiger partial charge in [-0.2, -0.15) is 4.31 Å². The topological polar surface area (TPSA) is 66.5 Å². The van der Waals surface area contributed by atoms with Crippen molar-refractivity contribution in [3.63, 3.8) is 0 Å². The van der Waals surface area contributed by atoms with E-state index in [0.717, 1.165) is 33.2 Å². The number of benzene rings is 3. The second-order valence-electron chi connectivity index (χ2n) is 8.47. The molecule has 5 nitrogen and oxygen atoms in total. The predicted molar refractivity (Wildman–Crippen MR) is 125 cm³/mol. The van der Waals surface area contributed by atoms with Gasteiger partial charge in [-0.15, -0.1) is 0 Å². The van der Waals surface area contributed by atoms with Crippen molar-refractivity contribution in [2.45, 2.75) is 38.5 Å². The zero-order valence-electron chi connectivity index (χ0n) is 18.2. The van der Waals surface area contributed by atoms with Crippen LogP contribution < -0.4 is 5.32 Å². The van der Waals surface area contributed by atoms with Gasteiger partial charge in [0.25, 0.3) is 0 Å². The molecule has 1 aliphatic rings. The quantitative estimate of drug-likeness (QED) is 0.639. The molecule has 0 aromatic heterocycles. The van der Waals surface area contributed by atoms with Gasteiger partial charge >= 0.3 is 0 Å². The zero-order chi connectivity index (χ0) is 22.2. The molecule has 6 heteroatoms. The van der Waals surface area contributed by atoms with Crippen molar-refractivity contribution in [3.8, 4) is 0 Å². The number of carbonyl (C=O) groups is 1. The fourth-order valence-electron chi connectivity index (χ4n) is 4.45. The molecule has 0 saturated carbocycles. The average molecular weight is 437 g/mol. The van der Waals surface area contributed by atoms with Gasteiger partial charge in [0, 0.05) is 18.8 Å². The number of hydrogen-bond donors (Lipinski definition) is 1. The van der Waals surface area contributed by atoms with E-state index >= 15 is 0 Å². The molecule has 0 unspecified atom stereocenters. The highest BCUT2D eigenvalue weighted by Crippen LogP contribution is 2.28. The Morgan fingerprint density at radius 3 is 2.35 bits per heavy atom. The minimum Gasteiger partial charge on any atom is -0.325 e. The summed E-state index contributed by atoms with van der Waals surface area (Å²) in [6, 6.07) is 17.0. The van der Waals surface area contributed by atoms with Gasteiger partial charge in [-0.1, -0.05) is 48.0 Å². The van der Waals surface area contributed by atoms with Gasteiger partial charge in [0.1, 0.15) is 0 Å². The Labute approximate surface area is 184 Å². The van der Waals surface area contributed by atoms with Gasteiger partial charge < -0.3 is 5.32 Å². The number of fused-ring (bicyclic) bond motifs is 1. The van der Waals surface area contributed by atoms with Crippen LogP contribution in [0.4, 0.5) is 5.69 Å². The van der Waals surface area contributed by atoms with E-state index in [1.807, 2.05) is 63.2 Å². The maximum absolute atomic E-state index is 13.3. The highest BCUT2D eigenvalue weighted by atomic mass is 32.2. The summed E-state index contributed by atoms with van der Waals surface area (Å²) in [7, 11) is -3.66. The summed E-state index contributed by atoms with van der Waals surface area (Å²) < 4.78 is 28.1. The number of nitrogens with zero attached hydrogens (tertiary/aromatic N) is 1. The summed E-state index contributed by atoms with van der Waals surface area (Å²) in [5, 5.41) is 4.94. The fourth-order valence-corrected chi connectivity index (χ4v) is 6.01. The van der Waals surface area contributed by atoms with Crippen LogP contribution in [0, 0.1) is 26.7 Å². The monoisotopic (exact) mass is 436 g/mol. The number of rotatable bonds is 4. The summed E-state index contributed by atoms with van der Waals surface area (Å²) in [6.07, 6.45) is 1.34. The Balaban J connectivity index is 1.54. The Hall–Kier alpha value is -2.70. The van der Waals surface area contributed by atoms with Gasteiger partial charge in [-0.05, 0) is 67.6 Å². The summed E-state index contributed by atoms with van der Waals surface area (Å²) in [5.74, 6) is -0.488. The lowest BCUT2D eigenvalue weighted by Gasteiger charge is -2.31. The van der Waals surface area contributed by atoms with Gasteiger partial charge in [0.05, 0.1) is 10.8 Å². The first kappa shape index (κ1) is 21.5. The molecule has 1 atom stereocenters. The van der Waals surface area contributed by atoms with Gasteiger partial charge in [-0.3, -0.25) is 4.79 Å². The van der Waals surface area contributed by atoms with E-state index in [1.54, 1.807) is 12.1 Å². The standard InChI is InChI=1S/C25H28N2O3S/c1-17-13-18(2)24(19(3)14-17)26-25(28)22-9-6-12-27(16-22)31(29,30)23-11-10-20-7-4-5-8-21(20)15-23/h4-5,7-8,10-11,13-15,22H,6,9,12,16H2,1-3H3,(H,26,28)/t22-/m0/s1. The van der Waals surface area contributed by atoms with E-state index in [9.17, 15) is 13.2 Å². The number of sulfonamides is 1. The zero-order valence-corrected chi connectivity index (χ0v) is 19.0. The molecule has 1 saturated heterocycles. The van der Waals surface area contributed by atoms with Gasteiger partial charge in [-0.25, -0.2) is 8.42 Å². The van der Waals surface area contributed by atoms with Crippen LogP contribution >= 0.6 is 0 Å². The van der Waals surface area contributed by atoms with Crippen LogP contribution in [0.25, 0.3) is 10.8 Å². The van der Waals surface area contributed by atoms with E-state index in [1.165, 1.54) is 4.31 Å². The largest absolute Gasteiger partial charge is 0.325 e. The molecule has 1 aliphatic heterocycles. The molecule has 31 heavy (non-hydrogen) atoms. The third kappa shape index (κ3) is 4.36. The van der Waals surface area contributed by atoms with Crippen molar-refractivity contribution < 1.29 is 13.2 Å². The third-order valence-electron chi connectivity index (χ3n) is 6.04. The lowest BCUT2D eigenvalue weighted by molar-refractivity contribution is -0.120. The highest BCUT2D eigenvalue weighted by molar-refractivity contribution is 7.89. The molecule has 1 heterocycles. The average Bonchev–Trinajstić information content (AvgIpc) is 2.75. The summed E-state index contributed by atoms with van der Waals surface area (Å²) in [5.41, 5.74) is 4.01. The fraction of sp³-hybridized carbons (Fsp3) is 0.320. The second kappa shape index (κ2) is 8.44. The SMILES string of the molecule is Cc1cc(C)c(NC(=O)[C@H]2CCCN(S(=O)(=O)c3ccc4ccccc4c3)C2)c(C)c1. The lowest BCUT2D eigenvalue weighted by Crippen LogP contribution is -2.43. The Bertz CT molecular complexity index is 1230. The van der Waals surface area contributed by atoms with E-state index in [4.69, 9.17) is 0 Å². The van der Waals surface area contributed by atoms with E-state index < -0.39 is 10.0 Å². The van der Waals surface area contributed by atoms with Crippen LogP contribution in [-0.2, 0) is 14.8 Å². The Kier molecular flexibility index (Phi) is 5.86. The van der Waals surface area contributed by atoms with Gasteiger partial charge in [0.2, 0.25) is 15.9 Å². The lowest BCUT2D eigenvalue weighted by atomic mass is 9.98.